The van der Waals surface area contributed by atoms with Crippen molar-refractivity contribution in [3.63, 3.8) is 0 Å². The Morgan fingerprint density at radius 1 is 0.852 bits per heavy atom. The first-order valence-electron chi connectivity index (χ1n) is 5.86. The van der Waals surface area contributed by atoms with Gasteiger partial charge < -0.3 is 33.2 Å². The Labute approximate surface area is 176 Å². The van der Waals surface area contributed by atoms with Crippen LogP contribution in [0.2, 0.25) is 0 Å². The number of amides is 2. The second kappa shape index (κ2) is 25.5. The molecule has 10 nitrogen and oxygen atoms in total. The van der Waals surface area contributed by atoms with E-state index in [4.69, 9.17) is 22.3 Å². The molecule has 148 valence electrons. The monoisotopic (exact) mass is 456 g/mol. The van der Waals surface area contributed by atoms with E-state index in [0.29, 0.717) is 11.1 Å². The summed E-state index contributed by atoms with van der Waals surface area (Å²) in [7, 11) is 0. The molecule has 0 aromatic carbocycles. The summed E-state index contributed by atoms with van der Waals surface area (Å²) in [6, 6.07) is 6.57. The van der Waals surface area contributed by atoms with Gasteiger partial charge in [0.05, 0.1) is 11.1 Å². The molecule has 0 fully saturated rings. The molecule has 0 aliphatic heterocycles. The summed E-state index contributed by atoms with van der Waals surface area (Å²) >= 11 is 7.40. The van der Waals surface area contributed by atoms with Crippen molar-refractivity contribution in [2.24, 2.45) is 11.5 Å². The number of nitrogens with two attached hydrogens (primary N) is 2. The van der Waals surface area contributed by atoms with Crippen molar-refractivity contribution in [3.8, 4) is 0 Å². The van der Waals surface area contributed by atoms with Crippen LogP contribution in [0.1, 0.15) is 20.7 Å². The van der Waals surface area contributed by atoms with E-state index in [1.165, 1.54) is 22.7 Å². The molecule has 0 atom stereocenters. The molecule has 10 N–H and O–H groups in total. The van der Waals surface area contributed by atoms with Crippen LogP contribution in [0.5, 0.6) is 0 Å². The number of hydrogen-bond donors (Lipinski definition) is 2. The Bertz CT molecular complexity index is 634. The summed E-state index contributed by atoms with van der Waals surface area (Å²) in [6.07, 6.45) is 6.05. The fraction of sp³-hybridized carbons (Fsp3) is 0. The third kappa shape index (κ3) is 23.3. The third-order valence-corrected chi connectivity index (χ3v) is 1.89. The molecule has 27 heavy (non-hydrogen) atoms. The SMILES string of the molecule is NC(=O)c1cccnc1.NC(=O)c1cccnc1.[N-]=C=S.[N-]=C=S.[Ni+2].[OH3+].[OH3+]. The largest absolute Gasteiger partial charge is 2.00 e. The number of pyridine rings is 2. The van der Waals surface area contributed by atoms with E-state index in [0.717, 1.165) is 0 Å². The van der Waals surface area contributed by atoms with Crippen LogP contribution in [0.4, 0.5) is 0 Å². The number of nitrogens with zero attached hydrogens (tertiary/aromatic N) is 4. The molecular formula is C14H18N6NiO4S2+2. The van der Waals surface area contributed by atoms with Crippen molar-refractivity contribution in [1.82, 2.24) is 9.97 Å². The quantitative estimate of drug-likeness (QED) is 0.269. The second-order valence-electron chi connectivity index (χ2n) is 3.39. The van der Waals surface area contributed by atoms with Crippen molar-refractivity contribution in [2.75, 3.05) is 0 Å². The van der Waals surface area contributed by atoms with Gasteiger partial charge in [0.15, 0.2) is 0 Å². The normalized spacial score (nSPS) is 6.52. The standard InChI is InChI=1S/2C6H6N2O.2CNS.Ni.2H2O/c2*7-6(9)5-2-1-3-8-4-5;2*2-1-3;;;/h2*1-4H,(H2,7,9);;;;2*1H2/q;;2*-1;+2;;/p+2. The van der Waals surface area contributed by atoms with Crippen molar-refractivity contribution >= 4 is 46.6 Å². The Morgan fingerprint density at radius 3 is 1.22 bits per heavy atom. The molecule has 2 heterocycles. The van der Waals surface area contributed by atoms with Gasteiger partial charge in [0, 0.05) is 24.8 Å². The predicted molar refractivity (Wildman–Crippen MR) is 107 cm³/mol. The number of carbonyl (C=O) groups is 2. The Hall–Kier alpha value is -2.75. The fourth-order valence-corrected chi connectivity index (χ4v) is 1.02. The molecule has 2 aromatic rings. The number of hydrogen-bond acceptors (Lipinski definition) is 6. The zero-order chi connectivity index (χ0) is 18.8. The van der Waals surface area contributed by atoms with E-state index in [2.05, 4.69) is 34.4 Å². The first-order chi connectivity index (χ1) is 11.4. The smallest absolute Gasteiger partial charge is 0.753 e. The molecule has 0 saturated carbocycles. The van der Waals surface area contributed by atoms with Gasteiger partial charge >= 0.3 is 16.5 Å². The number of isothiocyanates is 2. The van der Waals surface area contributed by atoms with Crippen LogP contribution in [0.25, 0.3) is 10.8 Å². The van der Waals surface area contributed by atoms with Gasteiger partial charge in [-0.2, -0.15) is 10.3 Å². The molecule has 0 unspecified atom stereocenters. The minimum atomic E-state index is -0.442. The molecule has 2 aromatic heterocycles. The Kier molecular flexibility index (Phi) is 33.4. The Morgan fingerprint density at radius 2 is 1.11 bits per heavy atom. The van der Waals surface area contributed by atoms with Gasteiger partial charge in [0.1, 0.15) is 0 Å². The summed E-state index contributed by atoms with van der Waals surface area (Å²) in [5.74, 6) is -0.883. The number of carbonyl (C=O) groups excluding carboxylic acids is 2. The minimum absolute atomic E-state index is 0. The molecule has 13 heteroatoms. The fourth-order valence-electron chi connectivity index (χ4n) is 1.02. The number of aromatic nitrogens is 2. The summed E-state index contributed by atoms with van der Waals surface area (Å²) in [5, 5.41) is 16.9. The van der Waals surface area contributed by atoms with E-state index in [1.807, 2.05) is 0 Å². The molecule has 0 aliphatic rings. The predicted octanol–water partition coefficient (Wildman–Crippen LogP) is -0.168. The molecule has 0 aliphatic carbocycles. The van der Waals surface area contributed by atoms with Crippen LogP contribution in [-0.4, -0.2) is 32.1 Å². The van der Waals surface area contributed by atoms with Gasteiger partial charge in [-0.3, -0.25) is 19.6 Å². The van der Waals surface area contributed by atoms with Gasteiger partial charge in [0.2, 0.25) is 11.8 Å². The van der Waals surface area contributed by atoms with E-state index in [1.54, 1.807) is 36.7 Å². The van der Waals surface area contributed by atoms with Crippen LogP contribution in [0.15, 0.2) is 49.1 Å². The first-order valence-corrected chi connectivity index (χ1v) is 6.68. The van der Waals surface area contributed by atoms with Crippen LogP contribution in [0.3, 0.4) is 0 Å². The molecular weight excluding hydrogens is 439 g/mol. The second-order valence-corrected chi connectivity index (χ2v) is 3.76. The summed E-state index contributed by atoms with van der Waals surface area (Å²) in [4.78, 5) is 28.2. The Balaban J connectivity index is -0.0000000856. The van der Waals surface area contributed by atoms with Gasteiger partial charge in [-0.25, -0.2) is 0 Å². The minimum Gasteiger partial charge on any atom is -0.753 e. The molecule has 0 bridgehead atoms. The topological polar surface area (TPSA) is 223 Å². The maximum absolute atomic E-state index is 10.4. The van der Waals surface area contributed by atoms with E-state index in [9.17, 15) is 9.59 Å². The first kappa shape index (κ1) is 35.4. The average Bonchev–Trinajstić information content (AvgIpc) is 2.58. The molecule has 2 amide bonds. The number of thiocarbonyl (C=S) groups is 2. The third-order valence-electron chi connectivity index (χ3n) is 1.89. The summed E-state index contributed by atoms with van der Waals surface area (Å²) in [5.41, 5.74) is 10.8. The van der Waals surface area contributed by atoms with Crippen LogP contribution >= 0.6 is 24.4 Å². The van der Waals surface area contributed by atoms with Crippen LogP contribution in [-0.2, 0) is 27.4 Å². The summed E-state index contributed by atoms with van der Waals surface area (Å²) in [6.45, 7) is 0. The van der Waals surface area contributed by atoms with Crippen molar-refractivity contribution in [1.29, 1.82) is 0 Å². The zero-order valence-electron chi connectivity index (χ0n) is 13.7. The van der Waals surface area contributed by atoms with Crippen molar-refractivity contribution in [3.05, 3.63) is 71.0 Å². The van der Waals surface area contributed by atoms with Crippen molar-refractivity contribution in [2.45, 2.75) is 0 Å². The average molecular weight is 457 g/mol. The maximum Gasteiger partial charge on any atom is 2.00 e. The number of primary amides is 2. The summed E-state index contributed by atoms with van der Waals surface area (Å²) < 4.78 is 0. The van der Waals surface area contributed by atoms with Gasteiger partial charge in [0.25, 0.3) is 0 Å². The molecule has 0 saturated heterocycles. The van der Waals surface area contributed by atoms with E-state index < -0.39 is 11.8 Å². The zero-order valence-corrected chi connectivity index (χ0v) is 16.3. The van der Waals surface area contributed by atoms with Crippen LogP contribution in [0, 0.1) is 0 Å². The maximum atomic E-state index is 10.4. The molecule has 2 rings (SSSR count). The van der Waals surface area contributed by atoms with Crippen LogP contribution < -0.4 is 11.5 Å². The van der Waals surface area contributed by atoms with E-state index >= 15 is 0 Å². The van der Waals surface area contributed by atoms with E-state index in [-0.39, 0.29) is 27.4 Å². The molecule has 0 radical (unpaired) electrons. The van der Waals surface area contributed by atoms with Crippen molar-refractivity contribution < 1.29 is 37.0 Å². The molecule has 0 spiro atoms. The van der Waals surface area contributed by atoms with Gasteiger partial charge in [-0.1, -0.05) is 24.4 Å². The van der Waals surface area contributed by atoms with Gasteiger partial charge in [-0.05, 0) is 24.3 Å². The number of rotatable bonds is 2. The van der Waals surface area contributed by atoms with Gasteiger partial charge in [-0.15, -0.1) is 0 Å².